The normalized spacial score (nSPS) is 10.1. The van der Waals surface area contributed by atoms with Crippen LogP contribution in [0.3, 0.4) is 0 Å². The third-order valence-electron chi connectivity index (χ3n) is 2.55. The molecule has 0 fully saturated rings. The summed E-state index contributed by atoms with van der Waals surface area (Å²) in [5, 5.41) is 13.4. The van der Waals surface area contributed by atoms with Gasteiger partial charge in [-0.1, -0.05) is 0 Å². The standard InChI is InChI=1S/C11H14N6O/c1-12-9-5-13-4-3-8(9)11(18)14-6-10-16-15-7-17(10)2/h3-5,7,12H,6H2,1-2H3,(H,14,18). The number of carbonyl (C=O) groups excluding carboxylic acids is 1. The molecule has 0 aliphatic heterocycles. The van der Waals surface area contributed by atoms with Crippen molar-refractivity contribution in [2.24, 2.45) is 7.05 Å². The monoisotopic (exact) mass is 246 g/mol. The summed E-state index contributed by atoms with van der Waals surface area (Å²) in [5.74, 6) is 0.521. The fraction of sp³-hybridized carbons (Fsp3) is 0.273. The van der Waals surface area contributed by atoms with E-state index in [1.165, 1.54) is 0 Å². The van der Waals surface area contributed by atoms with Crippen LogP contribution in [0.2, 0.25) is 0 Å². The van der Waals surface area contributed by atoms with Gasteiger partial charge < -0.3 is 15.2 Å². The first-order valence-electron chi connectivity index (χ1n) is 5.45. The summed E-state index contributed by atoms with van der Waals surface area (Å²) < 4.78 is 1.76. The van der Waals surface area contributed by atoms with Gasteiger partial charge in [0.25, 0.3) is 5.91 Å². The number of pyridine rings is 1. The zero-order valence-corrected chi connectivity index (χ0v) is 10.2. The van der Waals surface area contributed by atoms with Gasteiger partial charge in [-0.05, 0) is 6.07 Å². The van der Waals surface area contributed by atoms with E-state index < -0.39 is 0 Å². The Balaban J connectivity index is 2.06. The van der Waals surface area contributed by atoms with E-state index in [9.17, 15) is 4.79 Å². The Bertz CT molecular complexity index is 550. The van der Waals surface area contributed by atoms with Gasteiger partial charge in [0.1, 0.15) is 6.33 Å². The predicted molar refractivity (Wildman–Crippen MR) is 66.0 cm³/mol. The van der Waals surface area contributed by atoms with Gasteiger partial charge in [0, 0.05) is 20.3 Å². The molecule has 2 heterocycles. The minimum Gasteiger partial charge on any atom is -0.386 e. The largest absolute Gasteiger partial charge is 0.386 e. The molecule has 2 rings (SSSR count). The number of carbonyl (C=O) groups is 1. The van der Waals surface area contributed by atoms with E-state index in [4.69, 9.17) is 0 Å². The third-order valence-corrected chi connectivity index (χ3v) is 2.55. The molecule has 0 aliphatic rings. The first-order valence-corrected chi connectivity index (χ1v) is 5.45. The molecule has 2 aromatic rings. The van der Waals surface area contributed by atoms with Crippen LogP contribution in [0, 0.1) is 0 Å². The number of anilines is 1. The predicted octanol–water partition coefficient (Wildman–Crippen LogP) is 0.182. The lowest BCUT2D eigenvalue weighted by molar-refractivity contribution is 0.0950. The van der Waals surface area contributed by atoms with Gasteiger partial charge in [-0.15, -0.1) is 10.2 Å². The molecule has 2 N–H and O–H groups in total. The van der Waals surface area contributed by atoms with Crippen molar-refractivity contribution in [3.63, 3.8) is 0 Å². The molecule has 0 saturated carbocycles. The van der Waals surface area contributed by atoms with Crippen LogP contribution < -0.4 is 10.6 Å². The second kappa shape index (κ2) is 5.26. The number of nitrogens with one attached hydrogen (secondary N) is 2. The zero-order chi connectivity index (χ0) is 13.0. The summed E-state index contributed by atoms with van der Waals surface area (Å²) in [5.41, 5.74) is 1.24. The molecule has 18 heavy (non-hydrogen) atoms. The number of rotatable bonds is 4. The van der Waals surface area contributed by atoms with Crippen molar-refractivity contribution in [3.8, 4) is 0 Å². The van der Waals surface area contributed by atoms with E-state index in [1.54, 1.807) is 36.4 Å². The van der Waals surface area contributed by atoms with Gasteiger partial charge in [0.2, 0.25) is 0 Å². The number of aryl methyl sites for hydroxylation is 1. The van der Waals surface area contributed by atoms with E-state index in [-0.39, 0.29) is 5.91 Å². The molecule has 94 valence electrons. The van der Waals surface area contributed by atoms with Crippen molar-refractivity contribution in [2.75, 3.05) is 12.4 Å². The molecule has 1 amide bonds. The molecule has 0 unspecified atom stereocenters. The van der Waals surface area contributed by atoms with Crippen molar-refractivity contribution < 1.29 is 4.79 Å². The molecular weight excluding hydrogens is 232 g/mol. The Morgan fingerprint density at radius 2 is 2.33 bits per heavy atom. The average Bonchev–Trinajstić information content (AvgIpc) is 2.81. The Morgan fingerprint density at radius 3 is 3.00 bits per heavy atom. The van der Waals surface area contributed by atoms with Crippen LogP contribution >= 0.6 is 0 Å². The quantitative estimate of drug-likeness (QED) is 0.804. The molecule has 2 aromatic heterocycles. The molecule has 0 radical (unpaired) electrons. The number of nitrogens with zero attached hydrogens (tertiary/aromatic N) is 4. The number of aromatic nitrogens is 4. The molecule has 7 heteroatoms. The molecule has 7 nitrogen and oxygen atoms in total. The molecule has 0 saturated heterocycles. The highest BCUT2D eigenvalue weighted by molar-refractivity contribution is 5.99. The minimum absolute atomic E-state index is 0.176. The van der Waals surface area contributed by atoms with Crippen molar-refractivity contribution in [2.45, 2.75) is 6.54 Å². The van der Waals surface area contributed by atoms with Gasteiger partial charge in [0.15, 0.2) is 5.82 Å². The topological polar surface area (TPSA) is 84.7 Å². The van der Waals surface area contributed by atoms with Crippen LogP contribution in [0.5, 0.6) is 0 Å². The first-order chi connectivity index (χ1) is 8.72. The van der Waals surface area contributed by atoms with Gasteiger partial charge in [-0.2, -0.15) is 0 Å². The molecule has 0 bridgehead atoms. The van der Waals surface area contributed by atoms with Crippen LogP contribution in [0.25, 0.3) is 0 Å². The van der Waals surface area contributed by atoms with Crippen molar-refractivity contribution in [1.82, 2.24) is 25.1 Å². The van der Waals surface area contributed by atoms with E-state index in [2.05, 4.69) is 25.8 Å². The fourth-order valence-corrected chi connectivity index (χ4v) is 1.51. The maximum Gasteiger partial charge on any atom is 0.253 e. The number of hydrogen-bond acceptors (Lipinski definition) is 5. The molecule has 0 aromatic carbocycles. The summed E-state index contributed by atoms with van der Waals surface area (Å²) in [4.78, 5) is 15.9. The fourth-order valence-electron chi connectivity index (χ4n) is 1.51. The first kappa shape index (κ1) is 12.0. The van der Waals surface area contributed by atoms with Crippen LogP contribution in [-0.4, -0.2) is 32.7 Å². The van der Waals surface area contributed by atoms with Crippen molar-refractivity contribution in [1.29, 1.82) is 0 Å². The van der Waals surface area contributed by atoms with Gasteiger partial charge >= 0.3 is 0 Å². The summed E-state index contributed by atoms with van der Waals surface area (Å²) in [6.45, 7) is 0.334. The summed E-state index contributed by atoms with van der Waals surface area (Å²) in [7, 11) is 3.57. The summed E-state index contributed by atoms with van der Waals surface area (Å²) >= 11 is 0. The van der Waals surface area contributed by atoms with Gasteiger partial charge in [0.05, 0.1) is 24.0 Å². The number of hydrogen-bond donors (Lipinski definition) is 2. The Hall–Kier alpha value is -2.44. The lowest BCUT2D eigenvalue weighted by Crippen LogP contribution is -2.25. The average molecular weight is 246 g/mol. The number of amides is 1. The van der Waals surface area contributed by atoms with E-state index in [0.717, 1.165) is 0 Å². The minimum atomic E-state index is -0.176. The smallest absolute Gasteiger partial charge is 0.253 e. The second-order valence-electron chi connectivity index (χ2n) is 3.71. The molecule has 0 spiro atoms. The van der Waals surface area contributed by atoms with Crippen LogP contribution in [0.15, 0.2) is 24.8 Å². The summed E-state index contributed by atoms with van der Waals surface area (Å²) in [6, 6.07) is 1.66. The van der Waals surface area contributed by atoms with Gasteiger partial charge in [-0.25, -0.2) is 0 Å². The Morgan fingerprint density at radius 1 is 1.50 bits per heavy atom. The van der Waals surface area contributed by atoms with Gasteiger partial charge in [-0.3, -0.25) is 9.78 Å². The van der Waals surface area contributed by atoms with Crippen LogP contribution in [-0.2, 0) is 13.6 Å². The van der Waals surface area contributed by atoms with E-state index in [1.807, 2.05) is 7.05 Å². The van der Waals surface area contributed by atoms with Crippen molar-refractivity contribution >= 4 is 11.6 Å². The lowest BCUT2D eigenvalue weighted by atomic mass is 10.2. The highest BCUT2D eigenvalue weighted by Crippen LogP contribution is 2.12. The molecule has 0 atom stereocenters. The third kappa shape index (κ3) is 2.45. The Kier molecular flexibility index (Phi) is 3.52. The van der Waals surface area contributed by atoms with E-state index in [0.29, 0.717) is 23.6 Å². The zero-order valence-electron chi connectivity index (χ0n) is 10.2. The second-order valence-corrected chi connectivity index (χ2v) is 3.71. The lowest BCUT2D eigenvalue weighted by Gasteiger charge is -2.08. The van der Waals surface area contributed by atoms with Crippen LogP contribution in [0.4, 0.5) is 5.69 Å². The van der Waals surface area contributed by atoms with E-state index >= 15 is 0 Å². The maximum absolute atomic E-state index is 12.0. The SMILES string of the molecule is CNc1cnccc1C(=O)NCc1nncn1C. The molecular formula is C11H14N6O. The Labute approximate surface area is 104 Å². The van der Waals surface area contributed by atoms with Crippen molar-refractivity contribution in [3.05, 3.63) is 36.2 Å². The maximum atomic E-state index is 12.0. The molecule has 0 aliphatic carbocycles. The van der Waals surface area contributed by atoms with Crippen LogP contribution in [0.1, 0.15) is 16.2 Å². The highest BCUT2D eigenvalue weighted by atomic mass is 16.1. The highest BCUT2D eigenvalue weighted by Gasteiger charge is 2.11. The summed E-state index contributed by atoms with van der Waals surface area (Å²) in [6.07, 6.45) is 4.78.